The molecule has 24 heavy (non-hydrogen) atoms. The molecule has 0 saturated carbocycles. The summed E-state index contributed by atoms with van der Waals surface area (Å²) in [5, 5.41) is 2.82. The van der Waals surface area contributed by atoms with Gasteiger partial charge in [0.2, 0.25) is 5.91 Å². The van der Waals surface area contributed by atoms with Crippen LogP contribution in [-0.4, -0.2) is 26.7 Å². The van der Waals surface area contributed by atoms with E-state index >= 15 is 0 Å². The van der Waals surface area contributed by atoms with E-state index in [1.807, 2.05) is 24.3 Å². The number of nitrogens with one attached hydrogen (secondary N) is 1. The van der Waals surface area contributed by atoms with Crippen molar-refractivity contribution >= 4 is 11.6 Å². The molecule has 0 aliphatic carbocycles. The summed E-state index contributed by atoms with van der Waals surface area (Å²) < 4.78 is 16.0. The van der Waals surface area contributed by atoms with Crippen molar-refractivity contribution in [3.05, 3.63) is 48.0 Å². The Balaban J connectivity index is 1.84. The topological polar surface area (TPSA) is 56.8 Å². The van der Waals surface area contributed by atoms with Gasteiger partial charge in [0, 0.05) is 6.07 Å². The second kappa shape index (κ2) is 8.82. The number of carbonyl (C=O) groups excluding carboxylic acids is 1. The van der Waals surface area contributed by atoms with E-state index in [4.69, 9.17) is 14.2 Å². The lowest BCUT2D eigenvalue weighted by Crippen LogP contribution is -2.15. The highest BCUT2D eigenvalue weighted by molar-refractivity contribution is 5.92. The van der Waals surface area contributed by atoms with Crippen LogP contribution in [0.3, 0.4) is 0 Å². The van der Waals surface area contributed by atoms with E-state index < -0.39 is 0 Å². The third-order valence-corrected chi connectivity index (χ3v) is 3.61. The molecule has 0 bridgehead atoms. The molecule has 0 heterocycles. The quantitative estimate of drug-likeness (QED) is 0.803. The van der Waals surface area contributed by atoms with E-state index in [1.54, 1.807) is 32.4 Å². The summed E-state index contributed by atoms with van der Waals surface area (Å²) in [5.74, 6) is 1.85. The van der Waals surface area contributed by atoms with Gasteiger partial charge in [-0.1, -0.05) is 19.1 Å². The number of ether oxygens (including phenoxy) is 3. The van der Waals surface area contributed by atoms with Crippen LogP contribution < -0.4 is 19.5 Å². The van der Waals surface area contributed by atoms with Crippen LogP contribution in [0.25, 0.3) is 0 Å². The molecule has 128 valence electrons. The molecule has 0 aromatic heterocycles. The predicted octanol–water partition coefficient (Wildman–Crippen LogP) is 3.67. The van der Waals surface area contributed by atoms with Crippen LogP contribution in [0.15, 0.2) is 42.5 Å². The average Bonchev–Trinajstić information content (AvgIpc) is 2.62. The van der Waals surface area contributed by atoms with Gasteiger partial charge in [-0.15, -0.1) is 0 Å². The molecule has 1 amide bonds. The molecule has 0 aliphatic heterocycles. The number of methoxy groups -OCH3 is 2. The average molecular weight is 329 g/mol. The summed E-state index contributed by atoms with van der Waals surface area (Å²) in [5.41, 5.74) is 1.86. The van der Waals surface area contributed by atoms with Gasteiger partial charge in [0.25, 0.3) is 0 Å². The lowest BCUT2D eigenvalue weighted by atomic mass is 10.2. The van der Waals surface area contributed by atoms with Crippen LogP contribution >= 0.6 is 0 Å². The highest BCUT2D eigenvalue weighted by Gasteiger charge is 2.09. The second-order valence-corrected chi connectivity index (χ2v) is 5.21. The van der Waals surface area contributed by atoms with Gasteiger partial charge in [0.15, 0.2) is 0 Å². The molecular formula is C19H23NO4. The first-order valence-electron chi connectivity index (χ1n) is 7.90. The van der Waals surface area contributed by atoms with E-state index in [1.165, 1.54) is 5.56 Å². The Kier molecular flexibility index (Phi) is 6.49. The summed E-state index contributed by atoms with van der Waals surface area (Å²) in [6, 6.07) is 13.1. The Labute approximate surface area is 142 Å². The second-order valence-electron chi connectivity index (χ2n) is 5.21. The Bertz CT molecular complexity index is 668. The maximum atomic E-state index is 12.0. The van der Waals surface area contributed by atoms with Gasteiger partial charge in [-0.25, -0.2) is 0 Å². The van der Waals surface area contributed by atoms with Gasteiger partial charge in [-0.05, 0) is 36.2 Å². The molecule has 1 N–H and O–H groups in total. The van der Waals surface area contributed by atoms with E-state index in [0.29, 0.717) is 23.8 Å². The van der Waals surface area contributed by atoms with Crippen molar-refractivity contribution in [1.82, 2.24) is 0 Å². The Hall–Kier alpha value is -2.69. The van der Waals surface area contributed by atoms with Crippen LogP contribution in [0.5, 0.6) is 17.2 Å². The molecule has 5 nitrogen and oxygen atoms in total. The van der Waals surface area contributed by atoms with E-state index in [0.717, 1.165) is 12.2 Å². The zero-order valence-corrected chi connectivity index (χ0v) is 14.3. The van der Waals surface area contributed by atoms with Crippen molar-refractivity contribution in [2.75, 3.05) is 26.1 Å². The fourth-order valence-corrected chi connectivity index (χ4v) is 2.20. The number of hydrogen-bond donors (Lipinski definition) is 1. The minimum absolute atomic E-state index is 0.136. The van der Waals surface area contributed by atoms with Crippen LogP contribution in [0.1, 0.15) is 18.9 Å². The lowest BCUT2D eigenvalue weighted by molar-refractivity contribution is -0.116. The summed E-state index contributed by atoms with van der Waals surface area (Å²) >= 11 is 0. The van der Waals surface area contributed by atoms with E-state index in [2.05, 4.69) is 12.2 Å². The third-order valence-electron chi connectivity index (χ3n) is 3.61. The van der Waals surface area contributed by atoms with Crippen molar-refractivity contribution in [2.45, 2.75) is 19.8 Å². The molecule has 0 radical (unpaired) electrons. The summed E-state index contributed by atoms with van der Waals surface area (Å²) in [6.45, 7) is 2.42. The molecular weight excluding hydrogens is 306 g/mol. The van der Waals surface area contributed by atoms with Gasteiger partial charge < -0.3 is 19.5 Å². The first kappa shape index (κ1) is 17.7. The largest absolute Gasteiger partial charge is 0.497 e. The van der Waals surface area contributed by atoms with E-state index in [9.17, 15) is 4.79 Å². The Morgan fingerprint density at radius 2 is 1.71 bits per heavy atom. The van der Waals surface area contributed by atoms with Gasteiger partial charge in [-0.3, -0.25) is 4.79 Å². The number of rotatable bonds is 8. The standard InChI is InChI=1S/C19H23NO4/c1-4-14-5-7-15(8-6-14)24-12-11-19(21)20-17-10-9-16(22-2)13-18(17)23-3/h5-10,13H,4,11-12H2,1-3H3,(H,20,21). The number of aryl methyl sites for hydroxylation is 1. The molecule has 2 aromatic carbocycles. The van der Waals surface area contributed by atoms with Gasteiger partial charge in [0.1, 0.15) is 17.2 Å². The van der Waals surface area contributed by atoms with Crippen molar-refractivity contribution in [3.63, 3.8) is 0 Å². The molecule has 0 fully saturated rings. The SMILES string of the molecule is CCc1ccc(OCCC(=O)Nc2ccc(OC)cc2OC)cc1. The van der Waals surface area contributed by atoms with Crippen LogP contribution in [0.4, 0.5) is 5.69 Å². The summed E-state index contributed by atoms with van der Waals surface area (Å²) in [4.78, 5) is 12.0. The smallest absolute Gasteiger partial charge is 0.227 e. The van der Waals surface area contributed by atoms with Gasteiger partial charge >= 0.3 is 0 Å². The monoisotopic (exact) mass is 329 g/mol. The molecule has 0 saturated heterocycles. The van der Waals surface area contributed by atoms with Crippen molar-refractivity contribution in [2.24, 2.45) is 0 Å². The Morgan fingerprint density at radius 3 is 2.33 bits per heavy atom. The zero-order chi connectivity index (χ0) is 17.4. The number of amides is 1. The number of benzene rings is 2. The highest BCUT2D eigenvalue weighted by Crippen LogP contribution is 2.29. The van der Waals surface area contributed by atoms with Gasteiger partial charge in [0.05, 0.1) is 32.9 Å². The minimum Gasteiger partial charge on any atom is -0.497 e. The first-order valence-corrected chi connectivity index (χ1v) is 7.90. The van der Waals surface area contributed by atoms with Crippen molar-refractivity contribution < 1.29 is 19.0 Å². The highest BCUT2D eigenvalue weighted by atomic mass is 16.5. The van der Waals surface area contributed by atoms with Crippen LogP contribution in [-0.2, 0) is 11.2 Å². The fraction of sp³-hybridized carbons (Fsp3) is 0.316. The van der Waals surface area contributed by atoms with Crippen molar-refractivity contribution in [3.8, 4) is 17.2 Å². The van der Waals surface area contributed by atoms with Crippen LogP contribution in [0.2, 0.25) is 0 Å². The molecule has 5 heteroatoms. The normalized spacial score (nSPS) is 10.1. The molecule has 2 aromatic rings. The maximum absolute atomic E-state index is 12.0. The van der Waals surface area contributed by atoms with Crippen LogP contribution in [0, 0.1) is 0 Å². The maximum Gasteiger partial charge on any atom is 0.227 e. The van der Waals surface area contributed by atoms with E-state index in [-0.39, 0.29) is 12.3 Å². The number of carbonyl (C=O) groups is 1. The molecule has 2 rings (SSSR count). The molecule has 0 atom stereocenters. The van der Waals surface area contributed by atoms with Gasteiger partial charge in [-0.2, -0.15) is 0 Å². The lowest BCUT2D eigenvalue weighted by Gasteiger charge is -2.12. The first-order chi connectivity index (χ1) is 11.7. The molecule has 0 spiro atoms. The Morgan fingerprint density at radius 1 is 1.00 bits per heavy atom. The third kappa shape index (κ3) is 4.91. The van der Waals surface area contributed by atoms with Crippen molar-refractivity contribution in [1.29, 1.82) is 0 Å². The predicted molar refractivity (Wildman–Crippen MR) is 94.1 cm³/mol. The number of anilines is 1. The summed E-state index contributed by atoms with van der Waals surface area (Å²) in [7, 11) is 3.13. The number of hydrogen-bond acceptors (Lipinski definition) is 4. The summed E-state index contributed by atoms with van der Waals surface area (Å²) in [6.07, 6.45) is 1.25. The zero-order valence-electron chi connectivity index (χ0n) is 14.3. The fourth-order valence-electron chi connectivity index (χ4n) is 2.20. The molecule has 0 aliphatic rings. The minimum atomic E-state index is -0.136. The molecule has 0 unspecified atom stereocenters.